The first-order valence-corrected chi connectivity index (χ1v) is 8.12. The van der Waals surface area contributed by atoms with E-state index in [2.05, 4.69) is 53.9 Å². The van der Waals surface area contributed by atoms with Crippen LogP contribution in [0.25, 0.3) is 10.8 Å². The van der Waals surface area contributed by atoms with Gasteiger partial charge in [-0.25, -0.2) is 0 Å². The molecule has 21 heavy (non-hydrogen) atoms. The molecule has 0 fully saturated rings. The van der Waals surface area contributed by atoms with E-state index in [0.29, 0.717) is 13.2 Å². The summed E-state index contributed by atoms with van der Waals surface area (Å²) in [4.78, 5) is 1.36. The van der Waals surface area contributed by atoms with Crippen LogP contribution in [0.3, 0.4) is 0 Å². The molecule has 0 radical (unpaired) electrons. The maximum atomic E-state index is 6.02. The van der Waals surface area contributed by atoms with Gasteiger partial charge in [0.15, 0.2) is 0 Å². The van der Waals surface area contributed by atoms with Gasteiger partial charge in [0.2, 0.25) is 0 Å². The van der Waals surface area contributed by atoms with Gasteiger partial charge in [0.1, 0.15) is 5.75 Å². The minimum Gasteiger partial charge on any atom is -0.493 e. The second-order valence-corrected chi connectivity index (χ2v) is 6.01. The molecule has 0 spiro atoms. The highest BCUT2D eigenvalue weighted by molar-refractivity contribution is 7.09. The van der Waals surface area contributed by atoms with E-state index in [1.54, 1.807) is 11.3 Å². The minimum absolute atomic E-state index is 0.634. The van der Waals surface area contributed by atoms with Crippen LogP contribution in [0.1, 0.15) is 10.4 Å². The topological polar surface area (TPSA) is 35.2 Å². The van der Waals surface area contributed by atoms with E-state index in [4.69, 9.17) is 10.5 Å². The predicted molar refractivity (Wildman–Crippen MR) is 90.2 cm³/mol. The molecule has 0 bridgehead atoms. The highest BCUT2D eigenvalue weighted by atomic mass is 32.1. The zero-order valence-corrected chi connectivity index (χ0v) is 12.7. The smallest absolute Gasteiger partial charge is 0.123 e. The van der Waals surface area contributed by atoms with E-state index >= 15 is 0 Å². The van der Waals surface area contributed by atoms with E-state index in [1.807, 2.05) is 0 Å². The number of hydrogen-bond donors (Lipinski definition) is 1. The third-order valence-corrected chi connectivity index (χ3v) is 4.51. The Kier molecular flexibility index (Phi) is 4.53. The number of nitrogens with two attached hydrogens (primary N) is 1. The van der Waals surface area contributed by atoms with Gasteiger partial charge < -0.3 is 10.5 Å². The molecule has 0 amide bonds. The Hall–Kier alpha value is -1.84. The van der Waals surface area contributed by atoms with Crippen molar-refractivity contribution in [2.75, 3.05) is 13.2 Å². The van der Waals surface area contributed by atoms with Gasteiger partial charge in [-0.05, 0) is 41.3 Å². The fraction of sp³-hybridized carbons (Fsp3) is 0.222. The number of hydrogen-bond acceptors (Lipinski definition) is 3. The molecule has 2 aromatic carbocycles. The van der Waals surface area contributed by atoms with Crippen LogP contribution in [0.2, 0.25) is 0 Å². The van der Waals surface area contributed by atoms with Gasteiger partial charge in [0.05, 0.1) is 6.61 Å². The summed E-state index contributed by atoms with van der Waals surface area (Å²) in [5, 5.41) is 4.59. The summed E-state index contributed by atoms with van der Waals surface area (Å²) in [6, 6.07) is 16.8. The lowest BCUT2D eigenvalue weighted by Crippen LogP contribution is -2.07. The van der Waals surface area contributed by atoms with Gasteiger partial charge in [-0.1, -0.05) is 36.4 Å². The normalized spacial score (nSPS) is 10.9. The molecule has 0 saturated heterocycles. The Bertz CT molecular complexity index is 706. The zero-order valence-electron chi connectivity index (χ0n) is 11.9. The molecule has 0 aliphatic heterocycles. The molecule has 0 unspecified atom stereocenters. The number of fused-ring (bicyclic) bond motifs is 1. The molecule has 1 heterocycles. The van der Waals surface area contributed by atoms with Gasteiger partial charge in [0.25, 0.3) is 0 Å². The third-order valence-electron chi connectivity index (χ3n) is 3.58. The lowest BCUT2D eigenvalue weighted by Gasteiger charge is -2.13. The van der Waals surface area contributed by atoms with Crippen molar-refractivity contribution >= 4 is 22.1 Å². The first-order chi connectivity index (χ1) is 10.4. The molecule has 0 aliphatic rings. The number of ether oxygens (including phenoxy) is 1. The van der Waals surface area contributed by atoms with E-state index < -0.39 is 0 Å². The number of thiophene rings is 1. The quantitative estimate of drug-likeness (QED) is 0.745. The second kappa shape index (κ2) is 6.74. The molecule has 0 aliphatic carbocycles. The maximum absolute atomic E-state index is 6.02. The summed E-state index contributed by atoms with van der Waals surface area (Å²) in [5.41, 5.74) is 7.00. The molecule has 108 valence electrons. The summed E-state index contributed by atoms with van der Waals surface area (Å²) in [6.07, 6.45) is 1.79. The average Bonchev–Trinajstić information content (AvgIpc) is 3.03. The van der Waals surface area contributed by atoms with Crippen molar-refractivity contribution in [3.8, 4) is 5.75 Å². The summed E-state index contributed by atoms with van der Waals surface area (Å²) >= 11 is 1.78. The largest absolute Gasteiger partial charge is 0.493 e. The molecular weight excluding hydrogens is 278 g/mol. The molecule has 1 aromatic heterocycles. The Morgan fingerprint density at radius 1 is 0.952 bits per heavy atom. The fourth-order valence-corrected chi connectivity index (χ4v) is 3.26. The van der Waals surface area contributed by atoms with Crippen LogP contribution in [0.15, 0.2) is 53.9 Å². The van der Waals surface area contributed by atoms with Crippen LogP contribution in [-0.4, -0.2) is 13.2 Å². The summed E-state index contributed by atoms with van der Waals surface area (Å²) in [6.45, 7) is 1.34. The first kappa shape index (κ1) is 14.1. The van der Waals surface area contributed by atoms with Gasteiger partial charge in [-0.15, -0.1) is 11.3 Å². The average molecular weight is 297 g/mol. The third kappa shape index (κ3) is 3.26. The maximum Gasteiger partial charge on any atom is 0.123 e. The SMILES string of the molecule is NCCc1c(OCCc2cccs2)ccc2ccccc12. The zero-order chi connectivity index (χ0) is 14.5. The number of rotatable bonds is 6. The predicted octanol–water partition coefficient (Wildman–Crippen LogP) is 4.02. The van der Waals surface area contributed by atoms with Crippen LogP contribution in [0.4, 0.5) is 0 Å². The van der Waals surface area contributed by atoms with Crippen LogP contribution in [0, 0.1) is 0 Å². The first-order valence-electron chi connectivity index (χ1n) is 7.24. The van der Waals surface area contributed by atoms with Crippen molar-refractivity contribution in [1.82, 2.24) is 0 Å². The van der Waals surface area contributed by atoms with E-state index in [-0.39, 0.29) is 0 Å². The van der Waals surface area contributed by atoms with Crippen LogP contribution in [-0.2, 0) is 12.8 Å². The fourth-order valence-electron chi connectivity index (χ4n) is 2.57. The molecule has 2 N–H and O–H groups in total. The van der Waals surface area contributed by atoms with Crippen molar-refractivity contribution in [2.45, 2.75) is 12.8 Å². The second-order valence-electron chi connectivity index (χ2n) is 4.98. The van der Waals surface area contributed by atoms with Crippen molar-refractivity contribution in [1.29, 1.82) is 0 Å². The monoisotopic (exact) mass is 297 g/mol. The number of benzene rings is 2. The molecule has 2 nitrogen and oxygen atoms in total. The van der Waals surface area contributed by atoms with Gasteiger partial charge in [0, 0.05) is 16.9 Å². The van der Waals surface area contributed by atoms with Crippen LogP contribution < -0.4 is 10.5 Å². The van der Waals surface area contributed by atoms with Gasteiger partial charge in [-0.3, -0.25) is 0 Å². The Morgan fingerprint density at radius 2 is 1.86 bits per heavy atom. The molecule has 0 saturated carbocycles. The summed E-state index contributed by atoms with van der Waals surface area (Å²) in [5.74, 6) is 0.968. The van der Waals surface area contributed by atoms with Crippen LogP contribution in [0.5, 0.6) is 5.75 Å². The van der Waals surface area contributed by atoms with Crippen LogP contribution >= 0.6 is 11.3 Å². The van der Waals surface area contributed by atoms with Gasteiger partial charge in [-0.2, -0.15) is 0 Å². The Balaban J connectivity index is 1.81. The lowest BCUT2D eigenvalue weighted by molar-refractivity contribution is 0.320. The van der Waals surface area contributed by atoms with Gasteiger partial charge >= 0.3 is 0 Å². The molecular formula is C18H19NOS. The Morgan fingerprint density at radius 3 is 2.67 bits per heavy atom. The lowest BCUT2D eigenvalue weighted by atomic mass is 10.0. The van der Waals surface area contributed by atoms with Crippen molar-refractivity contribution in [2.24, 2.45) is 5.73 Å². The van der Waals surface area contributed by atoms with Crippen molar-refractivity contribution < 1.29 is 4.74 Å². The molecule has 0 atom stereocenters. The van der Waals surface area contributed by atoms with E-state index in [1.165, 1.54) is 21.2 Å². The van der Waals surface area contributed by atoms with Crippen molar-refractivity contribution in [3.63, 3.8) is 0 Å². The molecule has 3 heteroatoms. The highest BCUT2D eigenvalue weighted by Crippen LogP contribution is 2.28. The van der Waals surface area contributed by atoms with E-state index in [9.17, 15) is 0 Å². The van der Waals surface area contributed by atoms with E-state index in [0.717, 1.165) is 18.6 Å². The summed E-state index contributed by atoms with van der Waals surface area (Å²) in [7, 11) is 0. The van der Waals surface area contributed by atoms with Crippen molar-refractivity contribution in [3.05, 3.63) is 64.4 Å². The molecule has 3 aromatic rings. The Labute approximate surface area is 129 Å². The molecule has 3 rings (SSSR count). The standard InChI is InChI=1S/C18H19NOS/c19-11-9-17-16-6-2-1-4-14(16)7-8-18(17)20-12-10-15-5-3-13-21-15/h1-8,13H,9-12,19H2. The summed E-state index contributed by atoms with van der Waals surface area (Å²) < 4.78 is 6.02. The highest BCUT2D eigenvalue weighted by Gasteiger charge is 2.08. The minimum atomic E-state index is 0.634.